The predicted molar refractivity (Wildman–Crippen MR) is 92.7 cm³/mol. The van der Waals surface area contributed by atoms with Crippen molar-refractivity contribution in [3.63, 3.8) is 0 Å². The van der Waals surface area contributed by atoms with Crippen molar-refractivity contribution in [3.8, 4) is 16.9 Å². The Labute approximate surface area is 143 Å². The van der Waals surface area contributed by atoms with Crippen LogP contribution in [0, 0.1) is 5.82 Å². The maximum Gasteiger partial charge on any atom is 0.270 e. The Kier molecular flexibility index (Phi) is 4.94. The van der Waals surface area contributed by atoms with Crippen LogP contribution < -0.4 is 15.8 Å². The lowest BCUT2D eigenvalue weighted by atomic mass is 10.1. The molecule has 0 unspecified atom stereocenters. The van der Waals surface area contributed by atoms with E-state index in [0.717, 1.165) is 5.56 Å². The van der Waals surface area contributed by atoms with E-state index < -0.39 is 5.82 Å². The number of aromatic nitrogens is 2. The molecule has 0 saturated carbocycles. The second-order valence-corrected chi connectivity index (χ2v) is 5.26. The minimum Gasteiger partial charge on any atom is -0.489 e. The molecule has 0 fully saturated rings. The van der Waals surface area contributed by atoms with Crippen molar-refractivity contribution in [2.24, 2.45) is 0 Å². The number of ether oxygens (including phenoxy) is 1. The van der Waals surface area contributed by atoms with Crippen LogP contribution in [0.5, 0.6) is 5.75 Å². The maximum atomic E-state index is 13.4. The van der Waals surface area contributed by atoms with E-state index >= 15 is 0 Å². The lowest BCUT2D eigenvalue weighted by molar-refractivity contribution is 0.0942. The summed E-state index contributed by atoms with van der Waals surface area (Å²) in [4.78, 5) is 12.4. The molecule has 6 nitrogen and oxygen atoms in total. The number of carbonyl (C=O) groups is 1. The number of benzene rings is 2. The standard InChI is InChI=1S/C18H17FN4O2/c19-13-8-4-5-9-14(13)25-11-10-21-18(24)16-15(17(20)23-22-16)12-6-2-1-3-7-12/h1-9H,10-11H2,(H,21,24)(H3,20,22,23). The smallest absolute Gasteiger partial charge is 0.270 e. The first kappa shape index (κ1) is 16.5. The molecule has 1 heterocycles. The Bertz CT molecular complexity index is 865. The van der Waals surface area contributed by atoms with Crippen LogP contribution in [0.4, 0.5) is 10.2 Å². The van der Waals surface area contributed by atoms with Gasteiger partial charge in [-0.2, -0.15) is 5.10 Å². The summed E-state index contributed by atoms with van der Waals surface area (Å²) in [6.45, 7) is 0.345. The van der Waals surface area contributed by atoms with Gasteiger partial charge in [0, 0.05) is 0 Å². The molecule has 0 bridgehead atoms. The quantitative estimate of drug-likeness (QED) is 0.601. The molecule has 0 radical (unpaired) electrons. The topological polar surface area (TPSA) is 93.0 Å². The van der Waals surface area contributed by atoms with Gasteiger partial charge < -0.3 is 15.8 Å². The lowest BCUT2D eigenvalue weighted by Crippen LogP contribution is -2.28. The van der Waals surface area contributed by atoms with Gasteiger partial charge in [0.2, 0.25) is 0 Å². The van der Waals surface area contributed by atoms with Gasteiger partial charge in [0.25, 0.3) is 5.91 Å². The van der Waals surface area contributed by atoms with Gasteiger partial charge in [0.05, 0.1) is 12.1 Å². The van der Waals surface area contributed by atoms with Crippen molar-refractivity contribution >= 4 is 11.7 Å². The fourth-order valence-corrected chi connectivity index (χ4v) is 2.39. The van der Waals surface area contributed by atoms with Crippen LogP contribution in [-0.2, 0) is 0 Å². The Hall–Kier alpha value is -3.35. The number of aromatic amines is 1. The van der Waals surface area contributed by atoms with Gasteiger partial charge in [0.1, 0.15) is 12.3 Å². The first-order valence-corrected chi connectivity index (χ1v) is 7.71. The Morgan fingerprint density at radius 3 is 2.64 bits per heavy atom. The number of H-pyrrole nitrogens is 1. The second kappa shape index (κ2) is 7.48. The number of hydrogen-bond donors (Lipinski definition) is 3. The number of nitrogens with one attached hydrogen (secondary N) is 2. The molecule has 0 aliphatic carbocycles. The molecule has 0 saturated heterocycles. The number of amides is 1. The van der Waals surface area contributed by atoms with Crippen molar-refractivity contribution in [2.75, 3.05) is 18.9 Å². The third-order valence-electron chi connectivity index (χ3n) is 3.57. The molecular weight excluding hydrogens is 323 g/mol. The van der Waals surface area contributed by atoms with Crippen molar-refractivity contribution in [2.45, 2.75) is 0 Å². The monoisotopic (exact) mass is 340 g/mol. The van der Waals surface area contributed by atoms with E-state index in [1.54, 1.807) is 12.1 Å². The summed E-state index contributed by atoms with van der Waals surface area (Å²) < 4.78 is 18.7. The highest BCUT2D eigenvalue weighted by Gasteiger charge is 2.18. The minimum absolute atomic E-state index is 0.136. The van der Waals surface area contributed by atoms with Gasteiger partial charge in [-0.1, -0.05) is 42.5 Å². The van der Waals surface area contributed by atoms with Gasteiger partial charge >= 0.3 is 0 Å². The summed E-state index contributed by atoms with van der Waals surface area (Å²) >= 11 is 0. The first-order chi connectivity index (χ1) is 12.2. The molecule has 3 rings (SSSR count). The van der Waals surface area contributed by atoms with E-state index in [1.807, 2.05) is 30.3 Å². The number of hydrogen-bond acceptors (Lipinski definition) is 4. The van der Waals surface area contributed by atoms with Gasteiger partial charge in [-0.25, -0.2) is 4.39 Å². The van der Waals surface area contributed by atoms with Crippen molar-refractivity contribution in [3.05, 3.63) is 66.1 Å². The fourth-order valence-electron chi connectivity index (χ4n) is 2.39. The van der Waals surface area contributed by atoms with E-state index in [2.05, 4.69) is 15.5 Å². The van der Waals surface area contributed by atoms with Crippen LogP contribution in [0.25, 0.3) is 11.1 Å². The number of halogens is 1. The van der Waals surface area contributed by atoms with Crippen LogP contribution in [0.2, 0.25) is 0 Å². The average Bonchev–Trinajstić information content (AvgIpc) is 3.02. The first-order valence-electron chi connectivity index (χ1n) is 7.71. The second-order valence-electron chi connectivity index (χ2n) is 5.26. The molecule has 4 N–H and O–H groups in total. The SMILES string of the molecule is Nc1n[nH]c(C(=O)NCCOc2ccccc2F)c1-c1ccccc1. The van der Waals surface area contributed by atoms with E-state index in [0.29, 0.717) is 5.56 Å². The van der Waals surface area contributed by atoms with Crippen LogP contribution in [-0.4, -0.2) is 29.3 Å². The zero-order chi connectivity index (χ0) is 17.6. The van der Waals surface area contributed by atoms with Crippen molar-refractivity contribution in [1.29, 1.82) is 0 Å². The van der Waals surface area contributed by atoms with Gasteiger partial charge in [0.15, 0.2) is 17.4 Å². The van der Waals surface area contributed by atoms with E-state index in [1.165, 1.54) is 12.1 Å². The molecule has 128 valence electrons. The molecule has 7 heteroatoms. The number of anilines is 1. The normalized spacial score (nSPS) is 10.4. The molecule has 1 amide bonds. The molecule has 1 aromatic heterocycles. The van der Waals surface area contributed by atoms with Gasteiger partial charge in [-0.05, 0) is 17.7 Å². The average molecular weight is 340 g/mol. The zero-order valence-electron chi connectivity index (χ0n) is 13.3. The van der Waals surface area contributed by atoms with E-state index in [9.17, 15) is 9.18 Å². The Morgan fingerprint density at radius 2 is 1.88 bits per heavy atom. The van der Waals surface area contributed by atoms with E-state index in [4.69, 9.17) is 10.5 Å². The van der Waals surface area contributed by atoms with Gasteiger partial charge in [-0.15, -0.1) is 0 Å². The van der Waals surface area contributed by atoms with Crippen LogP contribution in [0.3, 0.4) is 0 Å². The highest BCUT2D eigenvalue weighted by Crippen LogP contribution is 2.27. The number of nitrogen functional groups attached to an aromatic ring is 1. The van der Waals surface area contributed by atoms with E-state index in [-0.39, 0.29) is 36.3 Å². The summed E-state index contributed by atoms with van der Waals surface area (Å²) in [5.74, 6) is -0.409. The summed E-state index contributed by atoms with van der Waals surface area (Å²) in [5.41, 5.74) is 7.48. The predicted octanol–water partition coefficient (Wildman–Crippen LogP) is 2.61. The zero-order valence-corrected chi connectivity index (χ0v) is 13.3. The fraction of sp³-hybridized carbons (Fsp3) is 0.111. The number of carbonyl (C=O) groups excluding carboxylic acids is 1. The maximum absolute atomic E-state index is 13.4. The molecule has 0 spiro atoms. The van der Waals surface area contributed by atoms with Crippen LogP contribution >= 0.6 is 0 Å². The molecule has 0 aliphatic heterocycles. The molecule has 25 heavy (non-hydrogen) atoms. The highest BCUT2D eigenvalue weighted by atomic mass is 19.1. The number of rotatable bonds is 6. The van der Waals surface area contributed by atoms with Crippen LogP contribution in [0.1, 0.15) is 10.5 Å². The third kappa shape index (κ3) is 3.77. The summed E-state index contributed by atoms with van der Waals surface area (Å²) in [7, 11) is 0. The lowest BCUT2D eigenvalue weighted by Gasteiger charge is -2.09. The largest absolute Gasteiger partial charge is 0.489 e. The summed E-state index contributed by atoms with van der Waals surface area (Å²) in [6.07, 6.45) is 0. The third-order valence-corrected chi connectivity index (χ3v) is 3.57. The number of nitrogens with two attached hydrogens (primary N) is 1. The summed E-state index contributed by atoms with van der Waals surface area (Å²) in [5, 5.41) is 9.26. The highest BCUT2D eigenvalue weighted by molar-refractivity contribution is 6.01. The van der Waals surface area contributed by atoms with Gasteiger partial charge in [-0.3, -0.25) is 9.89 Å². The molecule has 3 aromatic rings. The van der Waals surface area contributed by atoms with Crippen molar-refractivity contribution < 1.29 is 13.9 Å². The molecule has 2 aromatic carbocycles. The molecule has 0 atom stereocenters. The minimum atomic E-state index is -0.443. The molecular formula is C18H17FN4O2. The number of para-hydroxylation sites is 1. The molecule has 0 aliphatic rings. The Balaban J connectivity index is 1.62. The van der Waals surface area contributed by atoms with Crippen molar-refractivity contribution in [1.82, 2.24) is 15.5 Å². The Morgan fingerprint density at radius 1 is 1.16 bits per heavy atom. The van der Waals surface area contributed by atoms with Crippen LogP contribution in [0.15, 0.2) is 54.6 Å². The number of nitrogens with zero attached hydrogens (tertiary/aromatic N) is 1. The summed E-state index contributed by atoms with van der Waals surface area (Å²) in [6, 6.07) is 15.4.